The van der Waals surface area contributed by atoms with Crippen molar-refractivity contribution in [1.29, 1.82) is 0 Å². The molecule has 2 aromatic rings. The first-order valence-electron chi connectivity index (χ1n) is 7.59. The Morgan fingerprint density at radius 3 is 3.12 bits per heavy atom. The number of aromatic nitrogens is 3. The largest absolute Gasteiger partial charge is 0.480 e. The van der Waals surface area contributed by atoms with Gasteiger partial charge in [-0.3, -0.25) is 4.99 Å². The molecule has 24 heavy (non-hydrogen) atoms. The van der Waals surface area contributed by atoms with Gasteiger partial charge in [0.05, 0.1) is 11.6 Å². The van der Waals surface area contributed by atoms with Gasteiger partial charge in [0.1, 0.15) is 17.3 Å². The van der Waals surface area contributed by atoms with E-state index in [-0.39, 0.29) is 0 Å². The van der Waals surface area contributed by atoms with E-state index in [1.54, 1.807) is 19.5 Å². The second-order valence-electron chi connectivity index (χ2n) is 5.36. The van der Waals surface area contributed by atoms with Crippen LogP contribution >= 0.6 is 15.9 Å². The molecule has 0 radical (unpaired) electrons. The molecule has 7 nitrogen and oxygen atoms in total. The van der Waals surface area contributed by atoms with Crippen LogP contribution in [0.4, 0.5) is 17.5 Å². The van der Waals surface area contributed by atoms with Crippen molar-refractivity contribution in [3.05, 3.63) is 34.6 Å². The molecular weight excluding hydrogens is 372 g/mol. The van der Waals surface area contributed by atoms with Gasteiger partial charge in [-0.1, -0.05) is 0 Å². The Morgan fingerprint density at radius 2 is 2.25 bits per heavy atom. The lowest BCUT2D eigenvalue weighted by Gasteiger charge is -2.32. The van der Waals surface area contributed by atoms with Crippen LogP contribution in [0, 0.1) is 0 Å². The van der Waals surface area contributed by atoms with Gasteiger partial charge < -0.3 is 15.0 Å². The van der Waals surface area contributed by atoms with E-state index in [1.807, 2.05) is 18.2 Å². The van der Waals surface area contributed by atoms with E-state index in [9.17, 15) is 0 Å². The Bertz CT molecular complexity index is 850. The van der Waals surface area contributed by atoms with E-state index in [1.165, 1.54) is 0 Å². The molecular formula is C16H15BrN6O. The Morgan fingerprint density at radius 1 is 1.33 bits per heavy atom. The number of halogens is 1. The molecule has 0 saturated carbocycles. The number of pyridine rings is 1. The minimum Gasteiger partial charge on any atom is -0.480 e. The first-order chi connectivity index (χ1) is 11.8. The van der Waals surface area contributed by atoms with Crippen LogP contribution in [0.15, 0.2) is 34.0 Å². The quantitative estimate of drug-likeness (QED) is 0.873. The molecule has 0 unspecified atom stereocenters. The lowest BCUT2D eigenvalue weighted by atomic mass is 10.1. The van der Waals surface area contributed by atoms with E-state index in [2.05, 4.69) is 46.1 Å². The number of nitrogens with zero attached hydrogens (tertiary/aromatic N) is 5. The standard InChI is InChI=1S/C16H15BrN6O/c1-24-15-12(4-2-5-19-15)21-16-20-9-10-8-11(17)14-18-6-3-7-23(14)13(10)22-16/h2,4-5,8-9H,3,6-7H2,1H3,(H,20,21,22). The van der Waals surface area contributed by atoms with E-state index in [0.717, 1.165) is 46.9 Å². The van der Waals surface area contributed by atoms with E-state index in [4.69, 9.17) is 4.74 Å². The summed E-state index contributed by atoms with van der Waals surface area (Å²) in [4.78, 5) is 20.0. The van der Waals surface area contributed by atoms with Crippen molar-refractivity contribution in [2.45, 2.75) is 6.42 Å². The highest BCUT2D eigenvalue weighted by molar-refractivity contribution is 9.12. The van der Waals surface area contributed by atoms with Gasteiger partial charge in [0.25, 0.3) is 0 Å². The van der Waals surface area contributed by atoms with Crippen molar-refractivity contribution in [2.24, 2.45) is 4.99 Å². The zero-order valence-electron chi connectivity index (χ0n) is 13.0. The number of hydrogen-bond acceptors (Lipinski definition) is 7. The monoisotopic (exact) mass is 386 g/mol. The molecule has 4 heterocycles. The Kier molecular flexibility index (Phi) is 3.89. The van der Waals surface area contributed by atoms with Gasteiger partial charge in [0.15, 0.2) is 0 Å². The highest BCUT2D eigenvalue weighted by Gasteiger charge is 2.27. The lowest BCUT2D eigenvalue weighted by molar-refractivity contribution is 0.400. The third-order valence-corrected chi connectivity index (χ3v) is 4.40. The molecule has 2 aliphatic heterocycles. The Balaban J connectivity index is 1.71. The van der Waals surface area contributed by atoms with Crippen LogP contribution in [-0.4, -0.2) is 41.0 Å². The summed E-state index contributed by atoms with van der Waals surface area (Å²) >= 11 is 3.58. The number of nitrogens with one attached hydrogen (secondary N) is 1. The van der Waals surface area contributed by atoms with Gasteiger partial charge in [0, 0.05) is 31.0 Å². The summed E-state index contributed by atoms with van der Waals surface area (Å²) in [5.41, 5.74) is 1.69. The molecule has 1 N–H and O–H groups in total. The third kappa shape index (κ3) is 2.62. The van der Waals surface area contributed by atoms with Crippen molar-refractivity contribution >= 4 is 45.3 Å². The lowest BCUT2D eigenvalue weighted by Crippen LogP contribution is -2.38. The second kappa shape index (κ2) is 6.20. The maximum Gasteiger partial charge on any atom is 0.237 e. The van der Waals surface area contributed by atoms with Gasteiger partial charge in [-0.05, 0) is 40.6 Å². The number of hydrogen-bond donors (Lipinski definition) is 1. The smallest absolute Gasteiger partial charge is 0.237 e. The normalized spacial score (nSPS) is 15.8. The van der Waals surface area contributed by atoms with Crippen LogP contribution < -0.4 is 15.0 Å². The summed E-state index contributed by atoms with van der Waals surface area (Å²) in [5.74, 6) is 2.78. The summed E-state index contributed by atoms with van der Waals surface area (Å²) in [6.07, 6.45) is 6.49. The molecule has 0 atom stereocenters. The van der Waals surface area contributed by atoms with Gasteiger partial charge in [-0.15, -0.1) is 0 Å². The van der Waals surface area contributed by atoms with Gasteiger partial charge >= 0.3 is 0 Å². The fourth-order valence-electron chi connectivity index (χ4n) is 2.75. The minimum absolute atomic E-state index is 0.497. The molecule has 0 aliphatic carbocycles. The Labute approximate surface area is 147 Å². The van der Waals surface area contributed by atoms with Crippen molar-refractivity contribution < 1.29 is 4.74 Å². The maximum atomic E-state index is 5.26. The summed E-state index contributed by atoms with van der Waals surface area (Å²) in [6.45, 7) is 1.73. The molecule has 2 aromatic heterocycles. The van der Waals surface area contributed by atoms with Gasteiger partial charge in [-0.2, -0.15) is 4.98 Å². The van der Waals surface area contributed by atoms with Crippen LogP contribution in [0.5, 0.6) is 5.88 Å². The zero-order chi connectivity index (χ0) is 16.5. The highest BCUT2D eigenvalue weighted by atomic mass is 79.9. The first-order valence-corrected chi connectivity index (χ1v) is 8.38. The summed E-state index contributed by atoms with van der Waals surface area (Å²) < 4.78 is 6.22. The number of rotatable bonds is 3. The van der Waals surface area contributed by atoms with Gasteiger partial charge in [-0.25, -0.2) is 9.97 Å². The van der Waals surface area contributed by atoms with E-state index in [0.29, 0.717) is 11.8 Å². The maximum absolute atomic E-state index is 5.26. The fraction of sp³-hybridized carbons (Fsp3) is 0.250. The molecule has 0 saturated heterocycles. The van der Waals surface area contributed by atoms with Crippen LogP contribution in [0.2, 0.25) is 0 Å². The van der Waals surface area contributed by atoms with Gasteiger partial charge in [0.2, 0.25) is 11.8 Å². The van der Waals surface area contributed by atoms with Crippen molar-refractivity contribution in [3.8, 4) is 5.88 Å². The van der Waals surface area contributed by atoms with E-state index < -0.39 is 0 Å². The molecule has 0 amide bonds. The topological polar surface area (TPSA) is 75.5 Å². The van der Waals surface area contributed by atoms with Crippen LogP contribution in [0.1, 0.15) is 12.0 Å². The zero-order valence-corrected chi connectivity index (χ0v) is 14.6. The number of ether oxygens (including phenoxy) is 1. The molecule has 8 heteroatoms. The first kappa shape index (κ1) is 15.1. The third-order valence-electron chi connectivity index (χ3n) is 3.82. The average molecular weight is 387 g/mol. The van der Waals surface area contributed by atoms with Crippen LogP contribution in [0.25, 0.3) is 6.08 Å². The molecule has 2 aliphatic rings. The SMILES string of the molecule is COc1ncccc1Nc1ncc2c(n1)N1CCCN=C1C(Br)=C2. The van der Waals surface area contributed by atoms with Crippen molar-refractivity contribution in [3.63, 3.8) is 0 Å². The number of fused-ring (bicyclic) bond motifs is 3. The van der Waals surface area contributed by atoms with Crippen molar-refractivity contribution in [1.82, 2.24) is 15.0 Å². The highest BCUT2D eigenvalue weighted by Crippen LogP contribution is 2.33. The number of amidine groups is 1. The van der Waals surface area contributed by atoms with Crippen LogP contribution in [-0.2, 0) is 0 Å². The molecule has 0 bridgehead atoms. The molecule has 122 valence electrons. The minimum atomic E-state index is 0.497. The molecule has 0 aromatic carbocycles. The number of anilines is 3. The fourth-order valence-corrected chi connectivity index (χ4v) is 3.33. The predicted octanol–water partition coefficient (Wildman–Crippen LogP) is 2.98. The van der Waals surface area contributed by atoms with Crippen LogP contribution in [0.3, 0.4) is 0 Å². The summed E-state index contributed by atoms with van der Waals surface area (Å²) in [5, 5.41) is 3.17. The Hall–Kier alpha value is -2.48. The van der Waals surface area contributed by atoms with Crippen molar-refractivity contribution in [2.75, 3.05) is 30.4 Å². The molecule has 0 spiro atoms. The average Bonchev–Trinajstić information content (AvgIpc) is 2.63. The van der Waals surface area contributed by atoms with E-state index >= 15 is 0 Å². The number of methoxy groups -OCH3 is 1. The summed E-state index contributed by atoms with van der Waals surface area (Å²) in [7, 11) is 1.58. The second-order valence-corrected chi connectivity index (χ2v) is 6.21. The predicted molar refractivity (Wildman–Crippen MR) is 97.3 cm³/mol. The summed E-state index contributed by atoms with van der Waals surface area (Å²) in [6, 6.07) is 3.71. The molecule has 4 rings (SSSR count). The number of aliphatic imine (C=N–C) groups is 1. The molecule has 0 fully saturated rings.